The number of nitrogens with zero attached hydrogens (tertiary/aromatic N) is 1. The van der Waals surface area contributed by atoms with Crippen LogP contribution in [0.4, 0.5) is 0 Å². The molecule has 0 aromatic heterocycles. The summed E-state index contributed by atoms with van der Waals surface area (Å²) in [5.74, 6) is 0.984. The number of benzene rings is 1. The summed E-state index contributed by atoms with van der Waals surface area (Å²) in [6.07, 6.45) is 5.23. The number of hydrogen-bond acceptors (Lipinski definition) is 3. The second kappa shape index (κ2) is 7.69. The number of carboxylic acids is 1. The molecule has 3 rings (SSSR count). The van der Waals surface area contributed by atoms with E-state index in [9.17, 15) is 9.59 Å². The van der Waals surface area contributed by atoms with Gasteiger partial charge in [0.1, 0.15) is 5.75 Å². The lowest BCUT2D eigenvalue weighted by molar-refractivity contribution is -0.138. The molecule has 1 aromatic rings. The molecule has 0 unspecified atom stereocenters. The fourth-order valence-electron chi connectivity index (χ4n) is 3.19. The van der Waals surface area contributed by atoms with Gasteiger partial charge in [-0.2, -0.15) is 0 Å². The van der Waals surface area contributed by atoms with Crippen LogP contribution in [0.1, 0.15) is 48.9 Å². The molecule has 1 N–H and O–H groups in total. The largest absolute Gasteiger partial charge is 0.493 e. The van der Waals surface area contributed by atoms with E-state index in [4.69, 9.17) is 9.84 Å². The first-order valence-electron chi connectivity index (χ1n) is 8.86. The van der Waals surface area contributed by atoms with E-state index in [1.165, 1.54) is 12.8 Å². The Morgan fingerprint density at radius 1 is 1.04 bits per heavy atom. The van der Waals surface area contributed by atoms with Gasteiger partial charge in [0.25, 0.3) is 5.91 Å². The van der Waals surface area contributed by atoms with Crippen molar-refractivity contribution in [3.05, 3.63) is 29.8 Å². The Labute approximate surface area is 142 Å². The van der Waals surface area contributed by atoms with Gasteiger partial charge in [-0.25, -0.2) is 0 Å². The standard InChI is InChI=1S/C19H25NO4/c21-18(22)12-14-2-1-10-20(11-9-14)19(23)16-5-7-17(8-6-16)24-13-15-3-4-15/h5-8,14-15H,1-4,9-13H2,(H,21,22)/t14-/m0/s1. The monoisotopic (exact) mass is 331 g/mol. The highest BCUT2D eigenvalue weighted by atomic mass is 16.5. The quantitative estimate of drug-likeness (QED) is 0.869. The summed E-state index contributed by atoms with van der Waals surface area (Å²) < 4.78 is 5.70. The first-order chi connectivity index (χ1) is 11.6. The Morgan fingerprint density at radius 2 is 1.79 bits per heavy atom. The Kier molecular flexibility index (Phi) is 5.38. The van der Waals surface area contributed by atoms with E-state index < -0.39 is 5.97 Å². The molecular formula is C19H25NO4. The summed E-state index contributed by atoms with van der Waals surface area (Å²) >= 11 is 0. The van der Waals surface area contributed by atoms with Crippen molar-refractivity contribution in [3.8, 4) is 5.75 Å². The summed E-state index contributed by atoms with van der Waals surface area (Å²) in [5.41, 5.74) is 0.672. The van der Waals surface area contributed by atoms with E-state index in [-0.39, 0.29) is 18.2 Å². The summed E-state index contributed by atoms with van der Waals surface area (Å²) in [6, 6.07) is 7.37. The zero-order valence-electron chi connectivity index (χ0n) is 13.9. The topological polar surface area (TPSA) is 66.8 Å². The van der Waals surface area contributed by atoms with Crippen LogP contribution in [-0.4, -0.2) is 41.6 Å². The van der Waals surface area contributed by atoms with Crippen molar-refractivity contribution in [2.75, 3.05) is 19.7 Å². The molecule has 5 nitrogen and oxygen atoms in total. The van der Waals surface area contributed by atoms with Gasteiger partial charge in [-0.3, -0.25) is 9.59 Å². The van der Waals surface area contributed by atoms with Gasteiger partial charge in [0.15, 0.2) is 0 Å². The van der Waals surface area contributed by atoms with Crippen LogP contribution in [0.25, 0.3) is 0 Å². The van der Waals surface area contributed by atoms with Crippen LogP contribution in [0, 0.1) is 11.8 Å². The van der Waals surface area contributed by atoms with Crippen LogP contribution in [0.5, 0.6) is 5.75 Å². The second-order valence-electron chi connectivity index (χ2n) is 6.97. The number of likely N-dealkylation sites (tertiary alicyclic amines) is 1. The summed E-state index contributed by atoms with van der Waals surface area (Å²) in [6.45, 7) is 2.11. The minimum absolute atomic E-state index is 0.0275. The van der Waals surface area contributed by atoms with Gasteiger partial charge in [0.2, 0.25) is 0 Å². The fourth-order valence-corrected chi connectivity index (χ4v) is 3.19. The molecule has 0 radical (unpaired) electrons. The molecule has 24 heavy (non-hydrogen) atoms. The molecule has 1 atom stereocenters. The zero-order valence-corrected chi connectivity index (χ0v) is 13.9. The smallest absolute Gasteiger partial charge is 0.303 e. The van der Waals surface area contributed by atoms with Crippen LogP contribution in [0.15, 0.2) is 24.3 Å². The summed E-state index contributed by atoms with van der Waals surface area (Å²) in [5, 5.41) is 8.93. The molecule has 0 bridgehead atoms. The minimum atomic E-state index is -0.749. The van der Waals surface area contributed by atoms with Crippen LogP contribution in [0.3, 0.4) is 0 Å². The molecule has 1 amide bonds. The van der Waals surface area contributed by atoms with Crippen molar-refractivity contribution in [1.29, 1.82) is 0 Å². The second-order valence-corrected chi connectivity index (χ2v) is 6.97. The van der Waals surface area contributed by atoms with E-state index in [0.29, 0.717) is 24.6 Å². The number of carbonyl (C=O) groups excluding carboxylic acids is 1. The van der Waals surface area contributed by atoms with Crippen molar-refractivity contribution < 1.29 is 19.4 Å². The van der Waals surface area contributed by atoms with E-state index in [0.717, 1.165) is 31.6 Å². The Morgan fingerprint density at radius 3 is 2.46 bits per heavy atom. The number of carbonyl (C=O) groups is 2. The van der Waals surface area contributed by atoms with E-state index in [1.807, 2.05) is 29.2 Å². The normalized spacial score (nSPS) is 21.2. The number of ether oxygens (including phenoxy) is 1. The Balaban J connectivity index is 1.53. The van der Waals surface area contributed by atoms with Crippen LogP contribution < -0.4 is 4.74 Å². The molecule has 1 aromatic carbocycles. The van der Waals surface area contributed by atoms with Gasteiger partial charge >= 0.3 is 5.97 Å². The Bertz CT molecular complexity index is 580. The number of rotatable bonds is 6. The van der Waals surface area contributed by atoms with Crippen LogP contribution >= 0.6 is 0 Å². The van der Waals surface area contributed by atoms with E-state index in [2.05, 4.69) is 0 Å². The molecule has 1 saturated carbocycles. The molecule has 2 fully saturated rings. The van der Waals surface area contributed by atoms with Crippen molar-refractivity contribution >= 4 is 11.9 Å². The highest BCUT2D eigenvalue weighted by Gasteiger charge is 2.24. The third kappa shape index (κ3) is 4.73. The predicted octanol–water partition coefficient (Wildman–Crippen LogP) is 3.19. The average molecular weight is 331 g/mol. The molecule has 0 spiro atoms. The lowest BCUT2D eigenvalue weighted by Gasteiger charge is -2.20. The predicted molar refractivity (Wildman–Crippen MR) is 90.2 cm³/mol. The SMILES string of the molecule is O=C(O)C[C@H]1CCCN(C(=O)c2ccc(OCC3CC3)cc2)CC1. The average Bonchev–Trinajstić information content (AvgIpc) is 3.40. The molecular weight excluding hydrogens is 306 g/mol. The van der Waals surface area contributed by atoms with Crippen molar-refractivity contribution in [2.45, 2.75) is 38.5 Å². The van der Waals surface area contributed by atoms with Crippen LogP contribution in [0.2, 0.25) is 0 Å². The maximum Gasteiger partial charge on any atom is 0.303 e. The number of hydrogen-bond donors (Lipinski definition) is 1. The van der Waals surface area contributed by atoms with Gasteiger partial charge in [0, 0.05) is 25.1 Å². The molecule has 1 heterocycles. The van der Waals surface area contributed by atoms with E-state index in [1.54, 1.807) is 0 Å². The van der Waals surface area contributed by atoms with Crippen molar-refractivity contribution in [1.82, 2.24) is 4.90 Å². The highest BCUT2D eigenvalue weighted by molar-refractivity contribution is 5.94. The van der Waals surface area contributed by atoms with Crippen molar-refractivity contribution in [3.63, 3.8) is 0 Å². The third-order valence-corrected chi connectivity index (χ3v) is 4.88. The van der Waals surface area contributed by atoms with Gasteiger partial charge in [-0.1, -0.05) is 0 Å². The Hall–Kier alpha value is -2.04. The molecule has 1 aliphatic heterocycles. The molecule has 1 saturated heterocycles. The fraction of sp³-hybridized carbons (Fsp3) is 0.579. The number of carboxylic acid groups (broad SMARTS) is 1. The molecule has 2 aliphatic rings. The first-order valence-corrected chi connectivity index (χ1v) is 8.86. The van der Waals surface area contributed by atoms with Crippen molar-refractivity contribution in [2.24, 2.45) is 11.8 Å². The van der Waals surface area contributed by atoms with Gasteiger partial charge in [0.05, 0.1) is 6.61 Å². The minimum Gasteiger partial charge on any atom is -0.493 e. The van der Waals surface area contributed by atoms with Gasteiger partial charge < -0.3 is 14.7 Å². The summed E-state index contributed by atoms with van der Waals surface area (Å²) in [4.78, 5) is 25.3. The lowest BCUT2D eigenvalue weighted by atomic mass is 9.97. The van der Waals surface area contributed by atoms with Crippen LogP contribution in [-0.2, 0) is 4.79 Å². The highest BCUT2D eigenvalue weighted by Crippen LogP contribution is 2.29. The number of amides is 1. The number of aliphatic carboxylic acids is 1. The van der Waals surface area contributed by atoms with Gasteiger partial charge in [-0.05, 0) is 68.2 Å². The molecule has 130 valence electrons. The molecule has 1 aliphatic carbocycles. The molecule has 5 heteroatoms. The van der Waals surface area contributed by atoms with Gasteiger partial charge in [-0.15, -0.1) is 0 Å². The van der Waals surface area contributed by atoms with E-state index >= 15 is 0 Å². The zero-order chi connectivity index (χ0) is 16.9. The maximum atomic E-state index is 12.6. The first kappa shape index (κ1) is 16.8. The maximum absolute atomic E-state index is 12.6. The summed E-state index contributed by atoms with van der Waals surface area (Å²) in [7, 11) is 0. The lowest BCUT2D eigenvalue weighted by Crippen LogP contribution is -2.32. The third-order valence-electron chi connectivity index (χ3n) is 4.88.